The maximum atomic E-state index is 10.0. The van der Waals surface area contributed by atoms with Crippen LogP contribution in [-0.2, 0) is 21.9 Å². The van der Waals surface area contributed by atoms with Gasteiger partial charge in [0.1, 0.15) is 6.04 Å². The second-order valence-electron chi connectivity index (χ2n) is 1.88. The first-order valence-corrected chi connectivity index (χ1v) is 2.87. The van der Waals surface area contributed by atoms with Crippen LogP contribution >= 0.6 is 0 Å². The van der Waals surface area contributed by atoms with E-state index in [-0.39, 0.29) is 17.1 Å². The van der Waals surface area contributed by atoms with Crippen LogP contribution < -0.4 is 11.5 Å². The number of carbonyl (C=O) groups is 1. The van der Waals surface area contributed by atoms with Crippen LogP contribution in [0.3, 0.4) is 0 Å². The van der Waals surface area contributed by atoms with Gasteiger partial charge in [0.05, 0.1) is 0 Å². The Hall–Kier alpha value is -0.0905. The zero-order valence-electron chi connectivity index (χ0n) is 5.51. The Morgan fingerprint density at radius 3 is 2.40 bits per heavy atom. The van der Waals surface area contributed by atoms with E-state index < -0.39 is 12.0 Å². The van der Waals surface area contributed by atoms with E-state index >= 15 is 0 Å². The van der Waals surface area contributed by atoms with E-state index in [1.165, 1.54) is 0 Å². The molecule has 0 saturated carbocycles. The number of rotatable bonds is 4. The zero-order chi connectivity index (χ0) is 7.28. The predicted octanol–water partition coefficient (Wildman–Crippen LogP) is -0.865. The molecule has 0 heterocycles. The van der Waals surface area contributed by atoms with Crippen molar-refractivity contribution in [2.24, 2.45) is 11.5 Å². The summed E-state index contributed by atoms with van der Waals surface area (Å²) in [6.45, 7) is 0.501. The van der Waals surface area contributed by atoms with E-state index in [1.807, 2.05) is 0 Å². The molecule has 5 heteroatoms. The van der Waals surface area contributed by atoms with E-state index in [4.69, 9.17) is 16.6 Å². The van der Waals surface area contributed by atoms with Crippen molar-refractivity contribution in [3.63, 3.8) is 0 Å². The SMILES string of the molecule is NCCC[C@@H](N)C(=O)O.[Cu]. The zero-order valence-corrected chi connectivity index (χ0v) is 6.45. The van der Waals surface area contributed by atoms with E-state index in [0.29, 0.717) is 19.4 Å². The topological polar surface area (TPSA) is 89.3 Å². The van der Waals surface area contributed by atoms with Crippen molar-refractivity contribution < 1.29 is 27.0 Å². The van der Waals surface area contributed by atoms with Gasteiger partial charge in [-0.05, 0) is 19.4 Å². The van der Waals surface area contributed by atoms with Crippen LogP contribution in [0.4, 0.5) is 0 Å². The fourth-order valence-corrected chi connectivity index (χ4v) is 0.461. The van der Waals surface area contributed by atoms with Gasteiger partial charge in [-0.15, -0.1) is 0 Å². The van der Waals surface area contributed by atoms with Crippen molar-refractivity contribution in [3.8, 4) is 0 Å². The summed E-state index contributed by atoms with van der Waals surface area (Å²) in [7, 11) is 0. The molecule has 10 heavy (non-hydrogen) atoms. The van der Waals surface area contributed by atoms with Gasteiger partial charge in [-0.2, -0.15) is 0 Å². The number of hydrogen-bond donors (Lipinski definition) is 3. The summed E-state index contributed by atoms with van der Waals surface area (Å²) in [6, 6.07) is -0.742. The third-order valence-electron chi connectivity index (χ3n) is 1.04. The van der Waals surface area contributed by atoms with E-state index in [1.54, 1.807) is 0 Å². The van der Waals surface area contributed by atoms with E-state index in [9.17, 15) is 4.79 Å². The molecule has 0 aliphatic carbocycles. The van der Waals surface area contributed by atoms with Crippen LogP contribution in [0.2, 0.25) is 0 Å². The number of aliphatic carboxylic acids is 1. The molecule has 0 fully saturated rings. The molecule has 0 rings (SSSR count). The number of nitrogens with two attached hydrogens (primary N) is 2. The molecule has 4 nitrogen and oxygen atoms in total. The van der Waals surface area contributed by atoms with Crippen molar-refractivity contribution in [1.29, 1.82) is 0 Å². The average Bonchev–Trinajstić information content (AvgIpc) is 1.82. The van der Waals surface area contributed by atoms with Crippen LogP contribution in [0, 0.1) is 0 Å². The minimum Gasteiger partial charge on any atom is -0.480 e. The molecule has 0 aliphatic rings. The van der Waals surface area contributed by atoms with Crippen molar-refractivity contribution in [1.82, 2.24) is 0 Å². The van der Waals surface area contributed by atoms with Gasteiger partial charge in [-0.3, -0.25) is 4.79 Å². The monoisotopic (exact) mass is 195 g/mol. The third kappa shape index (κ3) is 6.04. The van der Waals surface area contributed by atoms with Gasteiger partial charge in [-0.1, -0.05) is 0 Å². The molecule has 0 amide bonds. The predicted molar refractivity (Wildman–Crippen MR) is 33.9 cm³/mol. The van der Waals surface area contributed by atoms with Gasteiger partial charge in [0.2, 0.25) is 0 Å². The summed E-state index contributed by atoms with van der Waals surface area (Å²) in [6.07, 6.45) is 1.14. The van der Waals surface area contributed by atoms with Gasteiger partial charge in [-0.25, -0.2) is 0 Å². The molecule has 0 spiro atoms. The molecular formula is C5H12CuN2O2. The molecule has 1 radical (unpaired) electrons. The Morgan fingerprint density at radius 2 is 2.10 bits per heavy atom. The van der Waals surface area contributed by atoms with Crippen molar-refractivity contribution in [2.75, 3.05) is 6.54 Å². The maximum absolute atomic E-state index is 10.0. The van der Waals surface area contributed by atoms with Crippen molar-refractivity contribution in [2.45, 2.75) is 18.9 Å². The number of hydrogen-bond acceptors (Lipinski definition) is 3. The molecule has 0 aromatic carbocycles. The van der Waals surface area contributed by atoms with Gasteiger partial charge >= 0.3 is 5.97 Å². The van der Waals surface area contributed by atoms with E-state index in [0.717, 1.165) is 0 Å². The quantitative estimate of drug-likeness (QED) is 0.509. The number of carboxylic acid groups (broad SMARTS) is 1. The van der Waals surface area contributed by atoms with Crippen LogP contribution in [0.25, 0.3) is 0 Å². The third-order valence-corrected chi connectivity index (χ3v) is 1.04. The Kier molecular flexibility index (Phi) is 8.83. The molecule has 0 saturated heterocycles. The van der Waals surface area contributed by atoms with Gasteiger partial charge in [0.15, 0.2) is 0 Å². The normalized spacial score (nSPS) is 11.8. The van der Waals surface area contributed by atoms with Gasteiger partial charge in [0, 0.05) is 17.1 Å². The summed E-state index contributed by atoms with van der Waals surface area (Å²) in [5, 5.41) is 8.24. The van der Waals surface area contributed by atoms with Crippen LogP contribution in [0.5, 0.6) is 0 Å². The first kappa shape index (κ1) is 12.6. The van der Waals surface area contributed by atoms with Crippen molar-refractivity contribution >= 4 is 5.97 Å². The van der Waals surface area contributed by atoms with Gasteiger partial charge < -0.3 is 16.6 Å². The first-order chi connectivity index (χ1) is 4.18. The second kappa shape index (κ2) is 7.02. The minimum absolute atomic E-state index is 0. The molecular weight excluding hydrogens is 184 g/mol. The maximum Gasteiger partial charge on any atom is 0.320 e. The molecule has 0 aromatic rings. The smallest absolute Gasteiger partial charge is 0.320 e. The minimum atomic E-state index is -0.955. The first-order valence-electron chi connectivity index (χ1n) is 2.87. The molecule has 1 atom stereocenters. The Labute approximate surface area is 70.4 Å². The van der Waals surface area contributed by atoms with Crippen LogP contribution in [0.1, 0.15) is 12.8 Å². The summed E-state index contributed by atoms with van der Waals surface area (Å²) in [5.74, 6) is -0.955. The molecule has 5 N–H and O–H groups in total. The Morgan fingerprint density at radius 1 is 1.60 bits per heavy atom. The molecule has 0 unspecified atom stereocenters. The summed E-state index contributed by atoms with van der Waals surface area (Å²) < 4.78 is 0. The van der Waals surface area contributed by atoms with Crippen LogP contribution in [-0.4, -0.2) is 23.7 Å². The fraction of sp³-hybridized carbons (Fsp3) is 0.800. The standard InChI is InChI=1S/C5H12N2O2.Cu/c6-3-1-2-4(7)5(8)9;/h4H,1-3,6-7H2,(H,8,9);/t4-;/m1./s1. The van der Waals surface area contributed by atoms with Crippen LogP contribution in [0.15, 0.2) is 0 Å². The Balaban J connectivity index is 0. The Bertz CT molecular complexity index is 99.6. The summed E-state index contributed by atoms with van der Waals surface area (Å²) in [5.41, 5.74) is 10.3. The number of carboxylic acids is 1. The van der Waals surface area contributed by atoms with Gasteiger partial charge in [0.25, 0.3) is 0 Å². The summed E-state index contributed by atoms with van der Waals surface area (Å²) in [4.78, 5) is 10.0. The fourth-order valence-electron chi connectivity index (χ4n) is 0.461. The molecule has 0 aromatic heterocycles. The molecule has 0 aliphatic heterocycles. The molecule has 65 valence electrons. The van der Waals surface area contributed by atoms with E-state index in [2.05, 4.69) is 0 Å². The largest absolute Gasteiger partial charge is 0.480 e. The molecule has 0 bridgehead atoms. The summed E-state index contributed by atoms with van der Waals surface area (Å²) >= 11 is 0. The average molecular weight is 196 g/mol. The second-order valence-corrected chi connectivity index (χ2v) is 1.88. The van der Waals surface area contributed by atoms with Crippen molar-refractivity contribution in [3.05, 3.63) is 0 Å².